The standard InChI is InChI=1S/C22H29N2/c1-15-6-16(2)21(17(3)7-15)23-4-5-24(14-23)22-11-18-8-19(12-22)10-20(9-18)13-22/h4-7,14,18-20H,8-13H2,1-3H3/q+1. The van der Waals surface area contributed by atoms with Crippen LogP contribution in [0.5, 0.6) is 0 Å². The van der Waals surface area contributed by atoms with Crippen molar-refractivity contribution >= 4 is 0 Å². The van der Waals surface area contributed by atoms with Crippen molar-refractivity contribution in [2.45, 2.75) is 64.8 Å². The average molecular weight is 321 g/mol. The van der Waals surface area contributed by atoms with Crippen molar-refractivity contribution in [2.75, 3.05) is 0 Å². The molecule has 4 fully saturated rings. The van der Waals surface area contributed by atoms with Crippen molar-refractivity contribution in [1.82, 2.24) is 4.57 Å². The minimum atomic E-state index is 0.423. The highest BCUT2D eigenvalue weighted by molar-refractivity contribution is 5.48. The zero-order chi connectivity index (χ0) is 16.5. The zero-order valence-corrected chi connectivity index (χ0v) is 15.3. The van der Waals surface area contributed by atoms with E-state index in [1.807, 2.05) is 0 Å². The van der Waals surface area contributed by atoms with E-state index in [4.69, 9.17) is 0 Å². The third-order valence-corrected chi connectivity index (χ3v) is 7.08. The number of benzene rings is 1. The molecule has 1 aromatic heterocycles. The molecular formula is C22H29N2+. The summed E-state index contributed by atoms with van der Waals surface area (Å²) >= 11 is 0. The molecule has 1 aromatic carbocycles. The number of hydrogen-bond donors (Lipinski definition) is 0. The summed E-state index contributed by atoms with van der Waals surface area (Å²) in [4.78, 5) is 0. The van der Waals surface area contributed by atoms with Gasteiger partial charge >= 0.3 is 0 Å². The molecule has 4 saturated carbocycles. The summed E-state index contributed by atoms with van der Waals surface area (Å²) in [6, 6.07) is 4.61. The normalized spacial score (nSPS) is 34.0. The van der Waals surface area contributed by atoms with Crippen molar-refractivity contribution in [2.24, 2.45) is 17.8 Å². The molecule has 126 valence electrons. The first-order valence-corrected chi connectivity index (χ1v) is 9.70. The van der Waals surface area contributed by atoms with Crippen LogP contribution in [0.3, 0.4) is 0 Å². The van der Waals surface area contributed by atoms with Crippen LogP contribution in [0.15, 0.2) is 30.9 Å². The Kier molecular flexibility index (Phi) is 3.05. The molecule has 0 spiro atoms. The zero-order valence-electron chi connectivity index (χ0n) is 15.3. The van der Waals surface area contributed by atoms with E-state index >= 15 is 0 Å². The number of hydrogen-bond acceptors (Lipinski definition) is 0. The molecule has 0 N–H and O–H groups in total. The smallest absolute Gasteiger partial charge is 0.231 e. The highest BCUT2D eigenvalue weighted by Gasteiger charge is 2.54. The minimum Gasteiger partial charge on any atom is -0.231 e. The van der Waals surface area contributed by atoms with Crippen molar-refractivity contribution in [1.29, 1.82) is 0 Å². The number of rotatable bonds is 2. The second kappa shape index (κ2) is 4.97. The van der Waals surface area contributed by atoms with E-state index in [9.17, 15) is 0 Å². The highest BCUT2D eigenvalue weighted by atomic mass is 15.2. The lowest BCUT2D eigenvalue weighted by Gasteiger charge is -2.54. The van der Waals surface area contributed by atoms with Gasteiger partial charge in [0.2, 0.25) is 6.33 Å². The molecule has 0 atom stereocenters. The fraction of sp³-hybridized carbons (Fsp3) is 0.591. The van der Waals surface area contributed by atoms with Crippen molar-refractivity contribution in [3.8, 4) is 5.69 Å². The summed E-state index contributed by atoms with van der Waals surface area (Å²) < 4.78 is 4.96. The number of nitrogens with zero attached hydrogens (tertiary/aromatic N) is 2. The third-order valence-electron chi connectivity index (χ3n) is 7.08. The van der Waals surface area contributed by atoms with Crippen molar-refractivity contribution in [3.05, 3.63) is 47.5 Å². The maximum Gasteiger partial charge on any atom is 0.249 e. The van der Waals surface area contributed by atoms with Gasteiger partial charge in [0, 0.05) is 0 Å². The molecule has 0 saturated heterocycles. The molecule has 2 heteroatoms. The molecule has 0 aliphatic heterocycles. The van der Waals surface area contributed by atoms with E-state index in [0.29, 0.717) is 5.54 Å². The summed E-state index contributed by atoms with van der Waals surface area (Å²) in [5.41, 5.74) is 5.90. The summed E-state index contributed by atoms with van der Waals surface area (Å²) in [6.07, 6.45) is 15.8. The van der Waals surface area contributed by atoms with Gasteiger partial charge in [-0.2, -0.15) is 0 Å². The van der Waals surface area contributed by atoms with Crippen molar-refractivity contribution in [3.63, 3.8) is 0 Å². The maximum atomic E-state index is 2.59. The molecule has 0 unspecified atom stereocenters. The van der Waals surface area contributed by atoms with E-state index in [-0.39, 0.29) is 0 Å². The predicted octanol–water partition coefficient (Wildman–Crippen LogP) is 4.62. The van der Waals surface area contributed by atoms with Gasteiger partial charge in [0.1, 0.15) is 23.6 Å². The fourth-order valence-electron chi connectivity index (χ4n) is 6.73. The molecule has 4 bridgehead atoms. The first kappa shape index (κ1) is 14.7. The quantitative estimate of drug-likeness (QED) is 0.714. The van der Waals surface area contributed by atoms with Crippen LogP contribution in [0, 0.1) is 38.5 Å². The summed E-state index contributed by atoms with van der Waals surface area (Å²) in [7, 11) is 0. The lowest BCUT2D eigenvalue weighted by molar-refractivity contribution is -0.776. The van der Waals surface area contributed by atoms with Gasteiger partial charge in [0.15, 0.2) is 0 Å². The number of imidazole rings is 1. The third kappa shape index (κ3) is 2.11. The predicted molar refractivity (Wildman–Crippen MR) is 96.3 cm³/mol. The Hall–Kier alpha value is -1.57. The maximum absolute atomic E-state index is 2.59. The van der Waals surface area contributed by atoms with E-state index in [1.54, 1.807) is 0 Å². The molecule has 2 nitrogen and oxygen atoms in total. The Labute approximate surface area is 145 Å². The fourth-order valence-corrected chi connectivity index (χ4v) is 6.73. The monoisotopic (exact) mass is 321 g/mol. The van der Waals surface area contributed by atoms with E-state index in [2.05, 4.69) is 60.8 Å². The minimum absolute atomic E-state index is 0.423. The van der Waals surface area contributed by atoms with Crippen LogP contribution in [-0.4, -0.2) is 4.57 Å². The van der Waals surface area contributed by atoms with Crippen LogP contribution in [0.4, 0.5) is 0 Å². The number of aromatic nitrogens is 2. The highest BCUT2D eigenvalue weighted by Crippen LogP contribution is 2.56. The molecular weight excluding hydrogens is 292 g/mol. The van der Waals surface area contributed by atoms with E-state index in [0.717, 1.165) is 17.8 Å². The van der Waals surface area contributed by atoms with Gasteiger partial charge in [0.05, 0.1) is 0 Å². The lowest BCUT2D eigenvalue weighted by atomic mass is 9.53. The molecule has 6 rings (SSSR count). The summed E-state index contributed by atoms with van der Waals surface area (Å²) in [5, 5.41) is 0. The second-order valence-electron chi connectivity index (χ2n) is 9.12. The van der Waals surface area contributed by atoms with Crippen LogP contribution in [0.25, 0.3) is 5.69 Å². The van der Waals surface area contributed by atoms with Crippen molar-refractivity contribution < 1.29 is 4.57 Å². The summed E-state index contributed by atoms with van der Waals surface area (Å²) in [5.74, 6) is 2.99. The van der Waals surface area contributed by atoms with Gasteiger partial charge in [-0.05, 0) is 88.2 Å². The molecule has 0 radical (unpaired) electrons. The topological polar surface area (TPSA) is 8.81 Å². The molecule has 2 aromatic rings. The average Bonchev–Trinajstić information content (AvgIpc) is 2.95. The molecule has 4 aliphatic carbocycles. The number of aryl methyl sites for hydroxylation is 3. The van der Waals surface area contributed by atoms with Gasteiger partial charge in [-0.25, -0.2) is 9.13 Å². The Morgan fingerprint density at radius 3 is 2.00 bits per heavy atom. The van der Waals surface area contributed by atoms with Gasteiger partial charge in [-0.3, -0.25) is 0 Å². The Morgan fingerprint density at radius 2 is 1.46 bits per heavy atom. The van der Waals surface area contributed by atoms with Crippen LogP contribution in [-0.2, 0) is 5.54 Å². The SMILES string of the molecule is Cc1cc(C)c(-n2cc[n+](C34CC5CC(CC(C5)C3)C4)c2)c(C)c1. The molecule has 4 aliphatic rings. The van der Waals surface area contributed by atoms with E-state index < -0.39 is 0 Å². The largest absolute Gasteiger partial charge is 0.249 e. The lowest BCUT2D eigenvalue weighted by Crippen LogP contribution is -2.64. The second-order valence-corrected chi connectivity index (χ2v) is 9.12. The van der Waals surface area contributed by atoms with Gasteiger partial charge in [-0.1, -0.05) is 17.7 Å². The Morgan fingerprint density at radius 1 is 0.917 bits per heavy atom. The molecule has 24 heavy (non-hydrogen) atoms. The first-order chi connectivity index (χ1) is 11.5. The Bertz CT molecular complexity index is 740. The van der Waals surface area contributed by atoms with Gasteiger partial charge in [-0.15, -0.1) is 0 Å². The Balaban J connectivity index is 1.55. The van der Waals surface area contributed by atoms with Crippen LogP contribution in [0.1, 0.15) is 55.2 Å². The summed E-state index contributed by atoms with van der Waals surface area (Å²) in [6.45, 7) is 6.67. The van der Waals surface area contributed by atoms with Gasteiger partial charge in [0.25, 0.3) is 0 Å². The van der Waals surface area contributed by atoms with Crippen LogP contribution in [0.2, 0.25) is 0 Å². The first-order valence-electron chi connectivity index (χ1n) is 9.70. The van der Waals surface area contributed by atoms with Crippen LogP contribution < -0.4 is 4.57 Å². The molecule has 0 amide bonds. The van der Waals surface area contributed by atoms with E-state index in [1.165, 1.54) is 60.9 Å². The van der Waals surface area contributed by atoms with Gasteiger partial charge < -0.3 is 0 Å². The van der Waals surface area contributed by atoms with Crippen LogP contribution >= 0.6 is 0 Å². The molecule has 1 heterocycles.